The molecule has 0 aromatic heterocycles. The van der Waals surface area contributed by atoms with Gasteiger partial charge in [-0.05, 0) is 23.1 Å². The minimum Gasteiger partial charge on any atom is -0.290 e. The number of nitrogens with zero attached hydrogens (tertiary/aromatic N) is 1. The molecule has 1 aromatic carbocycles. The molecule has 3 N–H and O–H groups in total. The summed E-state index contributed by atoms with van der Waals surface area (Å²) in [5.74, 6) is 0.709. The number of nitrogens with one attached hydrogen (secondary N) is 1. The molecule has 0 fully saturated rings. The molecule has 4 nitrogen and oxygen atoms in total. The molecule has 0 saturated carbocycles. The maximum Gasteiger partial charge on any atom is 0.356 e. The van der Waals surface area contributed by atoms with Crippen molar-refractivity contribution in [2.24, 2.45) is 5.73 Å². The molecule has 18 heavy (non-hydrogen) atoms. The lowest BCUT2D eigenvalue weighted by Gasteiger charge is -2.05. The second kappa shape index (κ2) is 4.64. The lowest BCUT2D eigenvalue weighted by Crippen LogP contribution is -2.32. The highest BCUT2D eigenvalue weighted by atomic mass is 16.2. The third kappa shape index (κ3) is 2.27. The van der Waals surface area contributed by atoms with Crippen LogP contribution in [-0.2, 0) is 4.79 Å². The van der Waals surface area contributed by atoms with Crippen molar-refractivity contribution in [3.8, 4) is 0 Å². The van der Waals surface area contributed by atoms with Gasteiger partial charge in [-0.1, -0.05) is 38.1 Å². The van der Waals surface area contributed by atoms with Crippen molar-refractivity contribution in [3.05, 3.63) is 41.1 Å². The maximum atomic E-state index is 11.7. The molecular formula is C14H18N3O+. The summed E-state index contributed by atoms with van der Waals surface area (Å²) >= 11 is 0. The van der Waals surface area contributed by atoms with Crippen LogP contribution in [-0.4, -0.2) is 23.5 Å². The molecule has 2 rings (SSSR count). The third-order valence-corrected chi connectivity index (χ3v) is 3.10. The van der Waals surface area contributed by atoms with Crippen molar-refractivity contribution in [2.45, 2.75) is 19.8 Å². The fourth-order valence-corrected chi connectivity index (χ4v) is 1.84. The standard InChI is InChI=1S/C14H17N3O/c1-9(2)11-6-4-10(5-7-11)8-12-13(18)16-14(15)17(12)3/h4-9H,1-3H3,(H2,15,16,18)/p+1/b12-8-. The average Bonchev–Trinajstić information content (AvgIpc) is 2.57. The largest absolute Gasteiger partial charge is 0.356 e. The zero-order valence-electron chi connectivity index (χ0n) is 10.9. The van der Waals surface area contributed by atoms with Gasteiger partial charge in [-0.15, -0.1) is 0 Å². The van der Waals surface area contributed by atoms with E-state index in [1.165, 1.54) is 5.56 Å². The molecule has 1 heterocycles. The van der Waals surface area contributed by atoms with Gasteiger partial charge in [0.25, 0.3) is 0 Å². The smallest absolute Gasteiger partial charge is 0.290 e. The van der Waals surface area contributed by atoms with Crippen LogP contribution in [0.4, 0.5) is 0 Å². The Hall–Kier alpha value is -2.10. The van der Waals surface area contributed by atoms with Gasteiger partial charge in [-0.3, -0.25) is 5.73 Å². The van der Waals surface area contributed by atoms with E-state index in [4.69, 9.17) is 5.73 Å². The van der Waals surface area contributed by atoms with Crippen molar-refractivity contribution in [1.29, 1.82) is 0 Å². The highest BCUT2D eigenvalue weighted by Crippen LogP contribution is 2.17. The second-order valence-corrected chi connectivity index (χ2v) is 4.75. The molecule has 0 bridgehead atoms. The van der Waals surface area contributed by atoms with Gasteiger partial charge >= 0.3 is 11.9 Å². The fraction of sp³-hybridized carbons (Fsp3) is 0.286. The first-order chi connectivity index (χ1) is 8.49. The van der Waals surface area contributed by atoms with Crippen LogP contribution < -0.4 is 11.1 Å². The summed E-state index contributed by atoms with van der Waals surface area (Å²) < 4.78 is 1.65. The minimum absolute atomic E-state index is 0.164. The Morgan fingerprint density at radius 3 is 2.33 bits per heavy atom. The molecule has 4 heteroatoms. The number of likely N-dealkylation sites (N-methyl/N-ethyl adjacent to an activating group) is 1. The van der Waals surface area contributed by atoms with Crippen molar-refractivity contribution in [3.63, 3.8) is 0 Å². The summed E-state index contributed by atoms with van der Waals surface area (Å²) in [6, 6.07) is 8.18. The summed E-state index contributed by atoms with van der Waals surface area (Å²) in [5.41, 5.74) is 8.48. The molecule has 0 radical (unpaired) electrons. The Labute approximate surface area is 107 Å². The summed E-state index contributed by atoms with van der Waals surface area (Å²) in [4.78, 5) is 11.7. The molecule has 0 spiro atoms. The molecule has 1 aliphatic rings. The Balaban J connectivity index is 2.31. The van der Waals surface area contributed by atoms with E-state index in [-0.39, 0.29) is 5.91 Å². The van der Waals surface area contributed by atoms with Crippen molar-refractivity contribution < 1.29 is 9.37 Å². The number of guanidine groups is 1. The summed E-state index contributed by atoms with van der Waals surface area (Å²) in [6.07, 6.45) is 1.83. The van der Waals surface area contributed by atoms with E-state index in [9.17, 15) is 4.79 Å². The van der Waals surface area contributed by atoms with E-state index >= 15 is 0 Å². The van der Waals surface area contributed by atoms with Crippen LogP contribution in [0.1, 0.15) is 30.9 Å². The SMILES string of the molecule is CC(C)c1ccc(/C=C2/C(=O)NC(N)=[N+]2C)cc1. The quantitative estimate of drug-likeness (QED) is 0.607. The van der Waals surface area contributed by atoms with Gasteiger partial charge in [0.05, 0.1) is 7.05 Å². The molecule has 0 aliphatic carbocycles. The first-order valence-corrected chi connectivity index (χ1v) is 5.98. The highest BCUT2D eigenvalue weighted by molar-refractivity contribution is 6.08. The summed E-state index contributed by atoms with van der Waals surface area (Å²) in [6.45, 7) is 4.31. The van der Waals surface area contributed by atoms with E-state index in [0.29, 0.717) is 17.6 Å². The van der Waals surface area contributed by atoms with Crippen molar-refractivity contribution in [2.75, 3.05) is 7.05 Å². The first-order valence-electron chi connectivity index (χ1n) is 5.98. The van der Waals surface area contributed by atoms with E-state index < -0.39 is 0 Å². The Morgan fingerprint density at radius 1 is 1.28 bits per heavy atom. The number of carbonyl (C=O) groups excluding carboxylic acids is 1. The number of hydrogen-bond acceptors (Lipinski definition) is 2. The first kappa shape index (κ1) is 12.4. The number of benzene rings is 1. The summed E-state index contributed by atoms with van der Waals surface area (Å²) in [5, 5.41) is 2.58. The highest BCUT2D eigenvalue weighted by Gasteiger charge is 2.28. The number of amides is 1. The number of carbonyl (C=O) groups is 1. The van der Waals surface area contributed by atoms with E-state index in [0.717, 1.165) is 5.56 Å². The maximum absolute atomic E-state index is 11.7. The number of hydrogen-bond donors (Lipinski definition) is 2. The second-order valence-electron chi connectivity index (χ2n) is 4.75. The number of nitrogens with two attached hydrogens (primary N) is 1. The van der Waals surface area contributed by atoms with Gasteiger partial charge in [0.2, 0.25) is 0 Å². The molecule has 1 amide bonds. The van der Waals surface area contributed by atoms with E-state index in [1.807, 2.05) is 18.2 Å². The normalized spacial score (nSPS) is 17.8. The van der Waals surface area contributed by atoms with E-state index in [1.54, 1.807) is 11.6 Å². The van der Waals surface area contributed by atoms with Gasteiger partial charge < -0.3 is 0 Å². The zero-order chi connectivity index (χ0) is 13.3. The Bertz CT molecular complexity index is 539. The Morgan fingerprint density at radius 2 is 1.89 bits per heavy atom. The lowest BCUT2D eigenvalue weighted by molar-refractivity contribution is -0.432. The molecule has 1 aliphatic heterocycles. The lowest BCUT2D eigenvalue weighted by atomic mass is 10.0. The van der Waals surface area contributed by atoms with Gasteiger partial charge in [0.15, 0.2) is 5.70 Å². The third-order valence-electron chi connectivity index (χ3n) is 3.10. The van der Waals surface area contributed by atoms with Gasteiger partial charge in [0.1, 0.15) is 0 Å². The van der Waals surface area contributed by atoms with Crippen LogP contribution in [0.3, 0.4) is 0 Å². The monoisotopic (exact) mass is 244 g/mol. The molecule has 0 saturated heterocycles. The van der Waals surface area contributed by atoms with Crippen LogP contribution >= 0.6 is 0 Å². The number of rotatable bonds is 2. The van der Waals surface area contributed by atoms with Gasteiger partial charge in [-0.25, -0.2) is 14.7 Å². The molecular weight excluding hydrogens is 226 g/mol. The van der Waals surface area contributed by atoms with Crippen LogP contribution in [0, 0.1) is 0 Å². The van der Waals surface area contributed by atoms with Crippen LogP contribution in [0.15, 0.2) is 30.0 Å². The van der Waals surface area contributed by atoms with E-state index in [2.05, 4.69) is 31.3 Å². The topological polar surface area (TPSA) is 58.1 Å². The van der Waals surface area contributed by atoms with Crippen molar-refractivity contribution >= 4 is 17.9 Å². The average molecular weight is 244 g/mol. The molecule has 1 aromatic rings. The fourth-order valence-electron chi connectivity index (χ4n) is 1.84. The minimum atomic E-state index is -0.164. The van der Waals surface area contributed by atoms with Crippen LogP contribution in [0.2, 0.25) is 0 Å². The predicted octanol–water partition coefficient (Wildman–Crippen LogP) is 1.24. The molecule has 0 atom stereocenters. The summed E-state index contributed by atoms with van der Waals surface area (Å²) in [7, 11) is 1.77. The molecule has 94 valence electrons. The van der Waals surface area contributed by atoms with Gasteiger partial charge in [-0.2, -0.15) is 0 Å². The van der Waals surface area contributed by atoms with Crippen LogP contribution in [0.5, 0.6) is 0 Å². The zero-order valence-corrected chi connectivity index (χ0v) is 10.9. The Kier molecular flexibility index (Phi) is 3.19. The molecule has 0 unspecified atom stereocenters. The van der Waals surface area contributed by atoms with Crippen molar-refractivity contribution in [1.82, 2.24) is 5.32 Å². The van der Waals surface area contributed by atoms with Gasteiger partial charge in [0, 0.05) is 0 Å². The van der Waals surface area contributed by atoms with Crippen LogP contribution in [0.25, 0.3) is 6.08 Å². The predicted molar refractivity (Wildman–Crippen MR) is 72.0 cm³/mol.